The predicted molar refractivity (Wildman–Crippen MR) is 73.0 cm³/mol. The zero-order valence-electron chi connectivity index (χ0n) is 10.4. The first kappa shape index (κ1) is 11.0. The van der Waals surface area contributed by atoms with E-state index in [1.54, 1.807) is 6.33 Å². The first-order valence-electron chi connectivity index (χ1n) is 6.35. The molecule has 0 saturated carbocycles. The van der Waals surface area contributed by atoms with Crippen molar-refractivity contribution in [3.63, 3.8) is 0 Å². The number of rotatable bonds is 2. The van der Waals surface area contributed by atoms with E-state index in [1.807, 2.05) is 11.3 Å². The minimum absolute atomic E-state index is 0.986. The van der Waals surface area contributed by atoms with Crippen LogP contribution >= 0.6 is 11.3 Å². The molecule has 0 spiro atoms. The molecular weight excluding hydrogens is 230 g/mol. The molecule has 0 bridgehead atoms. The predicted octanol–water partition coefficient (Wildman–Crippen LogP) is 3.03. The highest BCUT2D eigenvalue weighted by atomic mass is 32.1. The number of nitrogens with zero attached hydrogens (tertiary/aromatic N) is 3. The summed E-state index contributed by atoms with van der Waals surface area (Å²) in [6.45, 7) is 6.66. The van der Waals surface area contributed by atoms with Crippen LogP contribution in [0.2, 0.25) is 0 Å². The monoisotopic (exact) mass is 247 g/mol. The van der Waals surface area contributed by atoms with Crippen molar-refractivity contribution >= 4 is 27.2 Å². The van der Waals surface area contributed by atoms with Crippen LogP contribution in [0.5, 0.6) is 0 Å². The fraction of sp³-hybridized carbons (Fsp3) is 0.538. The maximum atomic E-state index is 4.44. The Morgan fingerprint density at radius 1 is 1.35 bits per heavy atom. The third kappa shape index (κ3) is 1.62. The molecule has 3 heterocycles. The van der Waals surface area contributed by atoms with Gasteiger partial charge >= 0.3 is 0 Å². The lowest BCUT2D eigenvalue weighted by atomic mass is 10.1. The van der Waals surface area contributed by atoms with Crippen molar-refractivity contribution in [1.29, 1.82) is 0 Å². The number of anilines is 1. The summed E-state index contributed by atoms with van der Waals surface area (Å²) in [4.78, 5) is 14.0. The van der Waals surface area contributed by atoms with Gasteiger partial charge in [-0.15, -0.1) is 11.3 Å². The van der Waals surface area contributed by atoms with Crippen LogP contribution in [0, 0.1) is 0 Å². The number of aromatic nitrogens is 2. The smallest absolute Gasteiger partial charge is 0.129 e. The molecular formula is C13H17N3S. The van der Waals surface area contributed by atoms with Crippen LogP contribution in [-0.4, -0.2) is 23.1 Å². The van der Waals surface area contributed by atoms with Crippen molar-refractivity contribution in [2.45, 2.75) is 33.1 Å². The van der Waals surface area contributed by atoms with Gasteiger partial charge in [0.2, 0.25) is 0 Å². The average Bonchev–Trinajstić information content (AvgIpc) is 2.76. The summed E-state index contributed by atoms with van der Waals surface area (Å²) in [5, 5.41) is 1.32. The molecule has 3 rings (SSSR count). The summed E-state index contributed by atoms with van der Waals surface area (Å²) in [7, 11) is 0. The Morgan fingerprint density at radius 3 is 3.00 bits per heavy atom. The van der Waals surface area contributed by atoms with Crippen LogP contribution in [-0.2, 0) is 12.8 Å². The van der Waals surface area contributed by atoms with Gasteiger partial charge in [0.1, 0.15) is 11.2 Å². The van der Waals surface area contributed by atoms with Gasteiger partial charge in [-0.25, -0.2) is 9.97 Å². The quantitative estimate of drug-likeness (QED) is 0.817. The molecule has 0 atom stereocenters. The molecule has 1 aliphatic rings. The molecule has 0 aromatic carbocycles. The second-order valence-corrected chi connectivity index (χ2v) is 5.49. The van der Waals surface area contributed by atoms with Crippen LogP contribution in [0.25, 0.3) is 10.2 Å². The third-order valence-electron chi connectivity index (χ3n) is 3.48. The molecule has 2 aromatic heterocycles. The summed E-state index contributed by atoms with van der Waals surface area (Å²) >= 11 is 1.86. The Labute approximate surface area is 106 Å². The van der Waals surface area contributed by atoms with E-state index in [1.165, 1.54) is 45.9 Å². The van der Waals surface area contributed by atoms with Crippen LogP contribution in [0.15, 0.2) is 6.33 Å². The largest absolute Gasteiger partial charge is 0.370 e. The SMILES string of the molecule is CCc1ncnc2sc3c(c12)N(CC)CCC3. The number of aryl methyl sites for hydroxylation is 2. The molecule has 0 aliphatic carbocycles. The first-order valence-corrected chi connectivity index (χ1v) is 7.17. The lowest BCUT2D eigenvalue weighted by Gasteiger charge is -2.28. The molecule has 17 heavy (non-hydrogen) atoms. The highest BCUT2D eigenvalue weighted by Crippen LogP contribution is 2.41. The Morgan fingerprint density at radius 2 is 2.24 bits per heavy atom. The lowest BCUT2D eigenvalue weighted by molar-refractivity contribution is 0.719. The molecule has 3 nitrogen and oxygen atoms in total. The van der Waals surface area contributed by atoms with Crippen LogP contribution in [0.3, 0.4) is 0 Å². The highest BCUT2D eigenvalue weighted by molar-refractivity contribution is 7.19. The van der Waals surface area contributed by atoms with E-state index < -0.39 is 0 Å². The third-order valence-corrected chi connectivity index (χ3v) is 4.62. The number of thiophene rings is 1. The fourth-order valence-corrected chi connectivity index (χ4v) is 3.88. The van der Waals surface area contributed by atoms with Gasteiger partial charge in [0, 0.05) is 18.0 Å². The Kier molecular flexibility index (Phi) is 2.74. The lowest BCUT2D eigenvalue weighted by Crippen LogP contribution is -2.28. The van der Waals surface area contributed by atoms with Gasteiger partial charge in [0.15, 0.2) is 0 Å². The minimum atomic E-state index is 0.986. The second-order valence-electron chi connectivity index (χ2n) is 4.41. The van der Waals surface area contributed by atoms with Crippen LogP contribution in [0.1, 0.15) is 30.8 Å². The zero-order chi connectivity index (χ0) is 11.8. The van der Waals surface area contributed by atoms with E-state index in [4.69, 9.17) is 0 Å². The van der Waals surface area contributed by atoms with Crippen molar-refractivity contribution in [2.24, 2.45) is 0 Å². The second kappa shape index (κ2) is 4.26. The van der Waals surface area contributed by atoms with Crippen LogP contribution < -0.4 is 4.90 Å². The molecule has 0 unspecified atom stereocenters. The van der Waals surface area contributed by atoms with Crippen molar-refractivity contribution in [2.75, 3.05) is 18.0 Å². The molecule has 2 aromatic rings. The summed E-state index contributed by atoms with van der Waals surface area (Å²) in [6, 6.07) is 0. The van der Waals surface area contributed by atoms with Gasteiger partial charge in [0.25, 0.3) is 0 Å². The Hall–Kier alpha value is -1.16. The maximum absolute atomic E-state index is 4.44. The van der Waals surface area contributed by atoms with E-state index in [9.17, 15) is 0 Å². The normalized spacial score (nSPS) is 15.3. The topological polar surface area (TPSA) is 29.0 Å². The van der Waals surface area contributed by atoms with Crippen molar-refractivity contribution in [3.05, 3.63) is 16.9 Å². The summed E-state index contributed by atoms with van der Waals surface area (Å²) in [6.07, 6.45) is 5.16. The van der Waals surface area contributed by atoms with Gasteiger partial charge in [-0.3, -0.25) is 0 Å². The Bertz CT molecular complexity index is 547. The van der Waals surface area contributed by atoms with Gasteiger partial charge in [-0.1, -0.05) is 6.92 Å². The number of hydrogen-bond acceptors (Lipinski definition) is 4. The van der Waals surface area contributed by atoms with Gasteiger partial charge in [-0.05, 0) is 26.2 Å². The molecule has 1 aliphatic heterocycles. The van der Waals surface area contributed by atoms with Crippen molar-refractivity contribution in [1.82, 2.24) is 9.97 Å². The van der Waals surface area contributed by atoms with Gasteiger partial charge in [0.05, 0.1) is 16.8 Å². The molecule has 0 fully saturated rings. The van der Waals surface area contributed by atoms with E-state index in [0.717, 1.165) is 13.0 Å². The maximum Gasteiger partial charge on any atom is 0.129 e. The average molecular weight is 247 g/mol. The minimum Gasteiger partial charge on any atom is -0.370 e. The molecule has 0 N–H and O–H groups in total. The summed E-state index contributed by atoms with van der Waals surface area (Å²) in [5.41, 5.74) is 2.63. The first-order chi connectivity index (χ1) is 8.35. The van der Waals surface area contributed by atoms with E-state index in [2.05, 4.69) is 28.7 Å². The number of hydrogen-bond donors (Lipinski definition) is 0. The van der Waals surface area contributed by atoms with E-state index >= 15 is 0 Å². The molecule has 0 saturated heterocycles. The van der Waals surface area contributed by atoms with Crippen molar-refractivity contribution < 1.29 is 0 Å². The summed E-state index contributed by atoms with van der Waals surface area (Å²) in [5.74, 6) is 0. The van der Waals surface area contributed by atoms with Crippen molar-refractivity contribution in [3.8, 4) is 0 Å². The molecule has 4 heteroatoms. The van der Waals surface area contributed by atoms with E-state index in [-0.39, 0.29) is 0 Å². The van der Waals surface area contributed by atoms with Gasteiger partial charge in [-0.2, -0.15) is 0 Å². The standard InChI is InChI=1S/C13H17N3S/c1-3-9-11-12-10(6-5-7-16(12)4-2)17-13(11)15-8-14-9/h8H,3-7H2,1-2H3. The zero-order valence-corrected chi connectivity index (χ0v) is 11.2. The molecule has 90 valence electrons. The van der Waals surface area contributed by atoms with E-state index in [0.29, 0.717) is 0 Å². The van der Waals surface area contributed by atoms with Crippen LogP contribution in [0.4, 0.5) is 5.69 Å². The number of fused-ring (bicyclic) bond motifs is 3. The Balaban J connectivity index is 2.30. The fourth-order valence-electron chi connectivity index (χ4n) is 2.65. The molecule has 0 amide bonds. The molecule has 0 radical (unpaired) electrons. The highest BCUT2D eigenvalue weighted by Gasteiger charge is 2.23. The summed E-state index contributed by atoms with van der Waals surface area (Å²) < 4.78 is 0. The van der Waals surface area contributed by atoms with Gasteiger partial charge < -0.3 is 4.90 Å².